The van der Waals surface area contributed by atoms with E-state index in [4.69, 9.17) is 0 Å². The normalized spacial score (nSPS) is 10.8. The zero-order chi connectivity index (χ0) is 21.8. The van der Waals surface area contributed by atoms with Gasteiger partial charge >= 0.3 is 5.97 Å². The molecule has 0 aliphatic heterocycles. The van der Waals surface area contributed by atoms with Crippen LogP contribution in [0.15, 0.2) is 54.6 Å². The number of benzene rings is 2. The summed E-state index contributed by atoms with van der Waals surface area (Å²) in [4.78, 5) is 37.2. The fourth-order valence-corrected chi connectivity index (χ4v) is 2.97. The Morgan fingerprint density at radius 3 is 2.23 bits per heavy atom. The van der Waals surface area contributed by atoms with Crippen molar-refractivity contribution in [3.8, 4) is 11.1 Å². The number of non-ortho nitro benzene ring substituents is 2. The first kappa shape index (κ1) is 20.3. The molecule has 0 bridgehead atoms. The standard InChI is InChI=1S/C21H15N3O6/c1-13-10-18(15-5-3-7-17(12-15)24(29)30)20(21(25)26)19(22-13)9-8-14-4-2-6-16(11-14)23(27)28/h2-12H,1H3,(H,25,26)/b9-8+. The molecule has 2 aromatic carbocycles. The third-order valence-corrected chi connectivity index (χ3v) is 4.27. The molecule has 0 aliphatic carbocycles. The van der Waals surface area contributed by atoms with Gasteiger partial charge < -0.3 is 5.11 Å². The molecule has 9 nitrogen and oxygen atoms in total. The van der Waals surface area contributed by atoms with E-state index in [-0.39, 0.29) is 28.2 Å². The van der Waals surface area contributed by atoms with Gasteiger partial charge in [0.2, 0.25) is 0 Å². The molecule has 0 fully saturated rings. The van der Waals surface area contributed by atoms with E-state index in [2.05, 4.69) is 4.98 Å². The first-order valence-electron chi connectivity index (χ1n) is 8.68. The van der Waals surface area contributed by atoms with Crippen molar-refractivity contribution in [3.05, 3.63) is 97.3 Å². The van der Waals surface area contributed by atoms with Crippen LogP contribution in [0.3, 0.4) is 0 Å². The third-order valence-electron chi connectivity index (χ3n) is 4.27. The summed E-state index contributed by atoms with van der Waals surface area (Å²) in [6, 6.07) is 13.1. The van der Waals surface area contributed by atoms with Crippen molar-refractivity contribution in [2.75, 3.05) is 0 Å². The Morgan fingerprint density at radius 1 is 0.967 bits per heavy atom. The molecule has 3 rings (SSSR count). The number of aromatic nitrogens is 1. The van der Waals surface area contributed by atoms with Crippen LogP contribution in [0.25, 0.3) is 23.3 Å². The second-order valence-electron chi connectivity index (χ2n) is 6.37. The summed E-state index contributed by atoms with van der Waals surface area (Å²) >= 11 is 0. The molecule has 1 N–H and O–H groups in total. The number of nitrogens with zero attached hydrogens (tertiary/aromatic N) is 3. The summed E-state index contributed by atoms with van der Waals surface area (Å²) in [5, 5.41) is 31.8. The summed E-state index contributed by atoms with van der Waals surface area (Å²) < 4.78 is 0. The quantitative estimate of drug-likeness (QED) is 0.462. The molecule has 0 saturated heterocycles. The summed E-state index contributed by atoms with van der Waals surface area (Å²) in [5.41, 5.74) is 1.44. The number of hydrogen-bond donors (Lipinski definition) is 1. The lowest BCUT2D eigenvalue weighted by molar-refractivity contribution is -0.385. The molecule has 0 aliphatic rings. The van der Waals surface area contributed by atoms with E-state index in [9.17, 15) is 30.1 Å². The molecule has 9 heteroatoms. The number of carboxylic acid groups (broad SMARTS) is 1. The Kier molecular flexibility index (Phi) is 5.63. The van der Waals surface area contributed by atoms with Gasteiger partial charge in [0, 0.05) is 35.5 Å². The number of nitro groups is 2. The van der Waals surface area contributed by atoms with Crippen molar-refractivity contribution in [2.45, 2.75) is 6.92 Å². The average Bonchev–Trinajstić information content (AvgIpc) is 2.71. The van der Waals surface area contributed by atoms with E-state index in [0.29, 0.717) is 16.8 Å². The van der Waals surface area contributed by atoms with Gasteiger partial charge in [0.05, 0.1) is 21.1 Å². The van der Waals surface area contributed by atoms with E-state index in [1.807, 2.05) is 0 Å². The number of aryl methyl sites for hydroxylation is 1. The monoisotopic (exact) mass is 405 g/mol. The van der Waals surface area contributed by atoms with Gasteiger partial charge in [-0.3, -0.25) is 25.2 Å². The van der Waals surface area contributed by atoms with Crippen LogP contribution in [0.1, 0.15) is 27.3 Å². The Bertz CT molecular complexity index is 1200. The smallest absolute Gasteiger partial charge is 0.338 e. The van der Waals surface area contributed by atoms with Crippen molar-refractivity contribution in [3.63, 3.8) is 0 Å². The molecular weight excluding hydrogens is 390 g/mol. The molecule has 1 heterocycles. The van der Waals surface area contributed by atoms with Crippen LogP contribution in [-0.4, -0.2) is 25.9 Å². The first-order valence-corrected chi connectivity index (χ1v) is 8.68. The van der Waals surface area contributed by atoms with Gasteiger partial charge in [0.1, 0.15) is 0 Å². The maximum absolute atomic E-state index is 12.0. The zero-order valence-electron chi connectivity index (χ0n) is 15.7. The minimum Gasteiger partial charge on any atom is -0.478 e. The lowest BCUT2D eigenvalue weighted by Gasteiger charge is -2.11. The minimum atomic E-state index is -1.25. The number of carbonyl (C=O) groups is 1. The van der Waals surface area contributed by atoms with Crippen LogP contribution < -0.4 is 0 Å². The second-order valence-corrected chi connectivity index (χ2v) is 6.37. The largest absolute Gasteiger partial charge is 0.478 e. The highest BCUT2D eigenvalue weighted by molar-refractivity contribution is 6.00. The van der Waals surface area contributed by atoms with Gasteiger partial charge in [-0.1, -0.05) is 30.3 Å². The summed E-state index contributed by atoms with van der Waals surface area (Å²) in [7, 11) is 0. The Hall–Kier alpha value is -4.40. The highest BCUT2D eigenvalue weighted by Crippen LogP contribution is 2.30. The topological polar surface area (TPSA) is 136 Å². The van der Waals surface area contributed by atoms with Crippen LogP contribution in [0, 0.1) is 27.2 Å². The molecule has 0 radical (unpaired) electrons. The SMILES string of the molecule is Cc1cc(-c2cccc([N+](=O)[O-])c2)c(C(=O)O)c(/C=C/c2cccc([N+](=O)[O-])c2)n1. The second kappa shape index (κ2) is 8.31. The van der Waals surface area contributed by atoms with Crippen LogP contribution in [-0.2, 0) is 0 Å². The highest BCUT2D eigenvalue weighted by atomic mass is 16.6. The first-order chi connectivity index (χ1) is 14.3. The predicted molar refractivity (Wildman–Crippen MR) is 110 cm³/mol. The van der Waals surface area contributed by atoms with Gasteiger partial charge in [0.25, 0.3) is 11.4 Å². The van der Waals surface area contributed by atoms with E-state index in [1.165, 1.54) is 48.6 Å². The number of rotatable bonds is 6. The molecule has 0 spiro atoms. The predicted octanol–water partition coefficient (Wildman–Crippen LogP) is 4.74. The molecule has 0 saturated carbocycles. The molecule has 3 aromatic rings. The molecular formula is C21H15N3O6. The zero-order valence-corrected chi connectivity index (χ0v) is 15.7. The van der Waals surface area contributed by atoms with Crippen LogP contribution >= 0.6 is 0 Å². The number of pyridine rings is 1. The molecule has 0 atom stereocenters. The Balaban J connectivity index is 2.13. The minimum absolute atomic E-state index is 0.0925. The van der Waals surface area contributed by atoms with E-state index in [0.717, 1.165) is 0 Å². The number of aromatic carboxylic acids is 1. The Labute approximate surface area is 170 Å². The average molecular weight is 405 g/mol. The fourth-order valence-electron chi connectivity index (χ4n) is 2.97. The van der Waals surface area contributed by atoms with E-state index < -0.39 is 15.8 Å². The summed E-state index contributed by atoms with van der Waals surface area (Å²) in [5.74, 6) is -1.25. The maximum Gasteiger partial charge on any atom is 0.338 e. The van der Waals surface area contributed by atoms with Gasteiger partial charge in [-0.2, -0.15) is 0 Å². The number of carboxylic acids is 1. The number of hydrogen-bond acceptors (Lipinski definition) is 6. The highest BCUT2D eigenvalue weighted by Gasteiger charge is 2.19. The van der Waals surface area contributed by atoms with Crippen molar-refractivity contribution in [1.82, 2.24) is 4.98 Å². The van der Waals surface area contributed by atoms with Crippen molar-refractivity contribution in [2.24, 2.45) is 0 Å². The summed E-state index contributed by atoms with van der Waals surface area (Å²) in [6.45, 7) is 1.68. The Morgan fingerprint density at radius 2 is 1.60 bits per heavy atom. The lowest BCUT2D eigenvalue weighted by atomic mass is 9.97. The maximum atomic E-state index is 12.0. The molecule has 0 unspecified atom stereocenters. The van der Waals surface area contributed by atoms with Crippen molar-refractivity contribution in [1.29, 1.82) is 0 Å². The molecule has 30 heavy (non-hydrogen) atoms. The van der Waals surface area contributed by atoms with Crippen LogP contribution in [0.5, 0.6) is 0 Å². The molecule has 1 aromatic heterocycles. The van der Waals surface area contributed by atoms with Crippen LogP contribution in [0.2, 0.25) is 0 Å². The number of nitro benzene ring substituents is 2. The molecule has 0 amide bonds. The van der Waals surface area contributed by atoms with Crippen LogP contribution in [0.4, 0.5) is 11.4 Å². The van der Waals surface area contributed by atoms with Gasteiger partial charge in [-0.05, 0) is 30.2 Å². The van der Waals surface area contributed by atoms with Crippen molar-refractivity contribution < 1.29 is 19.7 Å². The van der Waals surface area contributed by atoms with Gasteiger partial charge in [0.15, 0.2) is 0 Å². The lowest BCUT2D eigenvalue weighted by Crippen LogP contribution is -2.06. The molecule has 150 valence electrons. The fraction of sp³-hybridized carbons (Fsp3) is 0.0476. The third kappa shape index (κ3) is 4.36. The van der Waals surface area contributed by atoms with E-state index >= 15 is 0 Å². The summed E-state index contributed by atoms with van der Waals surface area (Å²) in [6.07, 6.45) is 2.98. The van der Waals surface area contributed by atoms with E-state index in [1.54, 1.807) is 25.1 Å². The van der Waals surface area contributed by atoms with Gasteiger partial charge in [-0.15, -0.1) is 0 Å². The van der Waals surface area contributed by atoms with Gasteiger partial charge in [-0.25, -0.2) is 4.79 Å². The van der Waals surface area contributed by atoms with Crippen molar-refractivity contribution >= 4 is 29.5 Å².